The van der Waals surface area contributed by atoms with Gasteiger partial charge >= 0.3 is 0 Å². The lowest BCUT2D eigenvalue weighted by atomic mass is 10.2. The maximum absolute atomic E-state index is 13.4. The number of halogens is 1. The summed E-state index contributed by atoms with van der Waals surface area (Å²) < 4.78 is 15.1. The number of fused-ring (bicyclic) bond motifs is 1. The molecule has 0 aliphatic carbocycles. The van der Waals surface area contributed by atoms with Crippen LogP contribution < -0.4 is 5.32 Å². The van der Waals surface area contributed by atoms with Crippen LogP contribution in [0, 0.1) is 17.1 Å². The van der Waals surface area contributed by atoms with E-state index in [1.54, 1.807) is 16.8 Å². The van der Waals surface area contributed by atoms with E-state index in [9.17, 15) is 4.39 Å². The molecule has 7 heteroatoms. The standard InChI is InChI=1S/C18H11FN6/c19-15-7-6-14(10-13(15)11-20)22-18-23-16-8-9-21-17(25(16)24-18)12-4-2-1-3-5-12/h1-10H,(H,22,24). The molecule has 6 nitrogen and oxygen atoms in total. The second-order valence-corrected chi connectivity index (χ2v) is 5.27. The minimum Gasteiger partial charge on any atom is -0.323 e. The number of aromatic nitrogens is 4. The topological polar surface area (TPSA) is 78.9 Å². The summed E-state index contributed by atoms with van der Waals surface area (Å²) in [6.07, 6.45) is 1.67. The summed E-state index contributed by atoms with van der Waals surface area (Å²) in [5.74, 6) is 0.433. The highest BCUT2D eigenvalue weighted by Crippen LogP contribution is 2.21. The first-order valence-corrected chi connectivity index (χ1v) is 7.48. The molecule has 0 aliphatic rings. The fourth-order valence-corrected chi connectivity index (χ4v) is 2.47. The van der Waals surface area contributed by atoms with Crippen molar-refractivity contribution in [2.24, 2.45) is 0 Å². The maximum Gasteiger partial charge on any atom is 0.247 e. The maximum atomic E-state index is 13.4. The molecule has 1 N–H and O–H groups in total. The zero-order valence-electron chi connectivity index (χ0n) is 12.9. The molecule has 0 saturated heterocycles. The first-order valence-electron chi connectivity index (χ1n) is 7.48. The Labute approximate surface area is 142 Å². The molecule has 0 bridgehead atoms. The monoisotopic (exact) mass is 330 g/mol. The van der Waals surface area contributed by atoms with Gasteiger partial charge in [-0.1, -0.05) is 30.3 Å². The van der Waals surface area contributed by atoms with E-state index >= 15 is 0 Å². The lowest BCUT2D eigenvalue weighted by Crippen LogP contribution is -1.98. The minimum absolute atomic E-state index is 0.0413. The largest absolute Gasteiger partial charge is 0.323 e. The van der Waals surface area contributed by atoms with Crippen molar-refractivity contribution in [2.75, 3.05) is 5.32 Å². The van der Waals surface area contributed by atoms with E-state index in [-0.39, 0.29) is 5.56 Å². The van der Waals surface area contributed by atoms with Crippen molar-refractivity contribution in [3.8, 4) is 17.5 Å². The molecule has 120 valence electrons. The minimum atomic E-state index is -0.563. The fraction of sp³-hybridized carbons (Fsp3) is 0. The number of benzene rings is 2. The molecule has 25 heavy (non-hydrogen) atoms. The number of nitrogens with zero attached hydrogens (tertiary/aromatic N) is 5. The quantitative estimate of drug-likeness (QED) is 0.621. The predicted octanol–water partition coefficient (Wildman–Crippen LogP) is 3.55. The molecular formula is C18H11FN6. The van der Waals surface area contributed by atoms with Gasteiger partial charge in [0.05, 0.1) is 5.56 Å². The van der Waals surface area contributed by atoms with E-state index in [4.69, 9.17) is 5.26 Å². The Morgan fingerprint density at radius 2 is 1.92 bits per heavy atom. The first-order chi connectivity index (χ1) is 12.2. The van der Waals surface area contributed by atoms with E-state index < -0.39 is 5.82 Å². The first kappa shape index (κ1) is 14.8. The van der Waals surface area contributed by atoms with Crippen LogP contribution in [0.1, 0.15) is 5.56 Å². The SMILES string of the molecule is N#Cc1cc(Nc2nc3ccnc(-c4ccccc4)n3n2)ccc1F. The van der Waals surface area contributed by atoms with E-state index in [1.807, 2.05) is 36.4 Å². The van der Waals surface area contributed by atoms with Crippen molar-refractivity contribution >= 4 is 17.3 Å². The molecular weight excluding hydrogens is 319 g/mol. The van der Waals surface area contributed by atoms with Crippen LogP contribution in [0.3, 0.4) is 0 Å². The van der Waals surface area contributed by atoms with E-state index in [0.717, 1.165) is 5.56 Å². The summed E-state index contributed by atoms with van der Waals surface area (Å²) in [6, 6.07) is 17.4. The summed E-state index contributed by atoms with van der Waals surface area (Å²) in [7, 11) is 0. The Balaban J connectivity index is 1.74. The highest BCUT2D eigenvalue weighted by atomic mass is 19.1. The van der Waals surface area contributed by atoms with Crippen LogP contribution in [-0.4, -0.2) is 19.6 Å². The normalized spacial score (nSPS) is 10.6. The van der Waals surface area contributed by atoms with Gasteiger partial charge in [-0.05, 0) is 18.2 Å². The number of nitrogens with one attached hydrogen (secondary N) is 1. The average Bonchev–Trinajstić information content (AvgIpc) is 3.06. The van der Waals surface area contributed by atoms with Gasteiger partial charge in [0.15, 0.2) is 11.5 Å². The van der Waals surface area contributed by atoms with Crippen molar-refractivity contribution in [1.82, 2.24) is 19.6 Å². The smallest absolute Gasteiger partial charge is 0.247 e. The van der Waals surface area contributed by atoms with Crippen LogP contribution in [0.5, 0.6) is 0 Å². The molecule has 0 saturated carbocycles. The van der Waals surface area contributed by atoms with Crippen LogP contribution in [0.25, 0.3) is 17.0 Å². The van der Waals surface area contributed by atoms with E-state index in [0.29, 0.717) is 23.1 Å². The van der Waals surface area contributed by atoms with Crippen molar-refractivity contribution in [1.29, 1.82) is 5.26 Å². The molecule has 0 spiro atoms. The van der Waals surface area contributed by atoms with Crippen LogP contribution >= 0.6 is 0 Å². The Hall–Kier alpha value is -3.79. The van der Waals surface area contributed by atoms with E-state index in [2.05, 4.69) is 20.4 Å². The molecule has 0 radical (unpaired) electrons. The molecule has 0 fully saturated rings. The number of nitriles is 1. The lowest BCUT2D eigenvalue weighted by molar-refractivity contribution is 0.624. The van der Waals surface area contributed by atoms with Crippen molar-refractivity contribution in [2.45, 2.75) is 0 Å². The van der Waals surface area contributed by atoms with E-state index in [1.165, 1.54) is 18.2 Å². The Bertz CT molecular complexity index is 1100. The average molecular weight is 330 g/mol. The molecule has 0 atom stereocenters. The molecule has 4 aromatic rings. The number of hydrogen-bond donors (Lipinski definition) is 1. The summed E-state index contributed by atoms with van der Waals surface area (Å²) in [6.45, 7) is 0. The van der Waals surface area contributed by atoms with Crippen LogP contribution in [0.15, 0.2) is 60.8 Å². The van der Waals surface area contributed by atoms with Gasteiger partial charge in [-0.15, -0.1) is 5.10 Å². The molecule has 0 amide bonds. The third kappa shape index (κ3) is 2.77. The number of rotatable bonds is 3. The van der Waals surface area contributed by atoms with Crippen molar-refractivity contribution in [3.63, 3.8) is 0 Å². The number of hydrogen-bond acceptors (Lipinski definition) is 5. The van der Waals surface area contributed by atoms with Gasteiger partial charge in [-0.2, -0.15) is 14.8 Å². The third-order valence-electron chi connectivity index (χ3n) is 3.63. The molecule has 4 rings (SSSR count). The second kappa shape index (κ2) is 6.02. The molecule has 2 aromatic heterocycles. The zero-order valence-corrected chi connectivity index (χ0v) is 12.9. The Morgan fingerprint density at radius 1 is 1.08 bits per heavy atom. The third-order valence-corrected chi connectivity index (χ3v) is 3.63. The zero-order chi connectivity index (χ0) is 17.2. The molecule has 2 heterocycles. The molecule has 2 aromatic carbocycles. The second-order valence-electron chi connectivity index (χ2n) is 5.27. The van der Waals surface area contributed by atoms with Crippen LogP contribution in [0.2, 0.25) is 0 Å². The summed E-state index contributed by atoms with van der Waals surface area (Å²) in [4.78, 5) is 8.77. The van der Waals surface area contributed by atoms with Gasteiger partial charge in [-0.3, -0.25) is 0 Å². The number of anilines is 2. The summed E-state index contributed by atoms with van der Waals surface area (Å²) in [5.41, 5.74) is 2.03. The molecule has 0 aliphatic heterocycles. The summed E-state index contributed by atoms with van der Waals surface area (Å²) >= 11 is 0. The van der Waals surface area contributed by atoms with Crippen molar-refractivity contribution < 1.29 is 4.39 Å². The lowest BCUT2D eigenvalue weighted by Gasteiger charge is -2.03. The van der Waals surface area contributed by atoms with Gasteiger partial charge in [0.2, 0.25) is 5.95 Å². The predicted molar refractivity (Wildman–Crippen MR) is 90.6 cm³/mol. The highest BCUT2D eigenvalue weighted by Gasteiger charge is 2.11. The van der Waals surface area contributed by atoms with Crippen molar-refractivity contribution in [3.05, 3.63) is 72.2 Å². The van der Waals surface area contributed by atoms with Crippen LogP contribution in [0.4, 0.5) is 16.0 Å². The Kier molecular flexibility index (Phi) is 3.56. The van der Waals surface area contributed by atoms with Gasteiger partial charge in [0, 0.05) is 23.5 Å². The van der Waals surface area contributed by atoms with Crippen LogP contribution in [-0.2, 0) is 0 Å². The fourth-order valence-electron chi connectivity index (χ4n) is 2.47. The Morgan fingerprint density at radius 3 is 2.72 bits per heavy atom. The summed E-state index contributed by atoms with van der Waals surface area (Å²) in [5, 5.41) is 16.3. The van der Waals surface area contributed by atoms with Gasteiger partial charge in [-0.25, -0.2) is 9.37 Å². The highest BCUT2D eigenvalue weighted by molar-refractivity contribution is 5.62. The van der Waals surface area contributed by atoms with Gasteiger partial charge < -0.3 is 5.32 Å². The van der Waals surface area contributed by atoms with Gasteiger partial charge in [0.1, 0.15) is 11.9 Å². The van der Waals surface area contributed by atoms with Gasteiger partial charge in [0.25, 0.3) is 0 Å². The molecule has 0 unspecified atom stereocenters.